The predicted molar refractivity (Wildman–Crippen MR) is 77.1 cm³/mol. The van der Waals surface area contributed by atoms with E-state index in [-0.39, 0.29) is 24.4 Å². The highest BCUT2D eigenvalue weighted by Crippen LogP contribution is 2.18. The molecule has 2 rings (SSSR count). The van der Waals surface area contributed by atoms with E-state index in [4.69, 9.17) is 5.73 Å². The van der Waals surface area contributed by atoms with Crippen LogP contribution >= 0.6 is 15.9 Å². The molecule has 2 heterocycles. The second-order valence-electron chi connectivity index (χ2n) is 5.00. The fraction of sp³-hybridized carbons (Fsp3) is 0.583. The highest BCUT2D eigenvalue weighted by Gasteiger charge is 2.24. The molecule has 0 radical (unpaired) electrons. The fourth-order valence-electron chi connectivity index (χ4n) is 2.28. The number of aromatic amines is 1. The van der Waals surface area contributed by atoms with Gasteiger partial charge in [0.2, 0.25) is 5.91 Å². The van der Waals surface area contributed by atoms with Gasteiger partial charge in [-0.05, 0) is 35.7 Å². The lowest BCUT2D eigenvalue weighted by Gasteiger charge is -2.31. The number of primary amides is 1. The van der Waals surface area contributed by atoms with Crippen molar-refractivity contribution in [1.29, 1.82) is 0 Å². The van der Waals surface area contributed by atoms with Crippen LogP contribution in [0.25, 0.3) is 0 Å². The summed E-state index contributed by atoms with van der Waals surface area (Å²) in [6, 6.07) is 0.107. The lowest BCUT2D eigenvalue weighted by Crippen LogP contribution is -2.46. The third-order valence-electron chi connectivity index (χ3n) is 3.39. The van der Waals surface area contributed by atoms with Crippen molar-refractivity contribution in [2.45, 2.75) is 25.8 Å². The van der Waals surface area contributed by atoms with Crippen LogP contribution in [0.3, 0.4) is 0 Å². The third-order valence-corrected chi connectivity index (χ3v) is 4.36. The van der Waals surface area contributed by atoms with Gasteiger partial charge in [-0.15, -0.1) is 0 Å². The first-order valence-electron chi connectivity index (χ1n) is 6.49. The minimum atomic E-state index is -0.316. The number of piperidine rings is 1. The van der Waals surface area contributed by atoms with E-state index in [1.165, 1.54) is 0 Å². The molecule has 0 spiro atoms. The van der Waals surface area contributed by atoms with E-state index in [1.54, 1.807) is 0 Å². The molecule has 4 N–H and O–H groups in total. The van der Waals surface area contributed by atoms with Gasteiger partial charge in [0.05, 0.1) is 11.0 Å². The molecule has 0 saturated carbocycles. The van der Waals surface area contributed by atoms with Crippen LogP contribution in [0.5, 0.6) is 0 Å². The number of aryl methyl sites for hydroxylation is 1. The van der Waals surface area contributed by atoms with E-state index in [1.807, 2.05) is 11.8 Å². The van der Waals surface area contributed by atoms with Gasteiger partial charge in [0, 0.05) is 24.8 Å². The third kappa shape index (κ3) is 3.57. The molecule has 1 fully saturated rings. The van der Waals surface area contributed by atoms with Crippen LogP contribution in [-0.2, 0) is 4.79 Å². The quantitative estimate of drug-likeness (QED) is 0.724. The number of rotatable bonds is 4. The van der Waals surface area contributed by atoms with Crippen molar-refractivity contribution >= 4 is 27.7 Å². The Morgan fingerprint density at radius 3 is 2.65 bits per heavy atom. The summed E-state index contributed by atoms with van der Waals surface area (Å²) < 4.78 is 0.696. The van der Waals surface area contributed by atoms with Gasteiger partial charge in [0.15, 0.2) is 5.69 Å². The van der Waals surface area contributed by atoms with Crippen molar-refractivity contribution in [2.75, 3.05) is 19.6 Å². The number of halogens is 1. The first-order chi connectivity index (χ1) is 9.47. The smallest absolute Gasteiger partial charge is 0.273 e. The predicted octanol–water partition coefficient (Wildman–Crippen LogP) is 0.160. The zero-order chi connectivity index (χ0) is 14.7. The molecule has 1 aromatic heterocycles. The summed E-state index contributed by atoms with van der Waals surface area (Å²) in [5, 5.41) is 9.71. The van der Waals surface area contributed by atoms with Crippen LogP contribution in [0.15, 0.2) is 4.47 Å². The number of nitrogens with one attached hydrogen (secondary N) is 2. The maximum absolute atomic E-state index is 12.1. The Morgan fingerprint density at radius 1 is 1.50 bits per heavy atom. The molecule has 0 atom stereocenters. The first kappa shape index (κ1) is 15.0. The van der Waals surface area contributed by atoms with Crippen molar-refractivity contribution in [2.24, 2.45) is 5.73 Å². The van der Waals surface area contributed by atoms with Gasteiger partial charge in [-0.3, -0.25) is 19.6 Å². The van der Waals surface area contributed by atoms with Crippen LogP contribution in [0.4, 0.5) is 0 Å². The number of hydrogen-bond acceptors (Lipinski definition) is 4. The number of likely N-dealkylation sites (tertiary alicyclic amines) is 1. The Bertz CT molecular complexity index is 508. The number of carbonyl (C=O) groups excluding carboxylic acids is 2. The van der Waals surface area contributed by atoms with Crippen LogP contribution in [-0.4, -0.2) is 52.6 Å². The number of aromatic nitrogens is 2. The number of nitrogens with two attached hydrogens (primary N) is 1. The summed E-state index contributed by atoms with van der Waals surface area (Å²) in [5.74, 6) is -0.502. The SMILES string of the molecule is Cc1[nH]nc(C(=O)NC2CCN(CC(N)=O)CC2)c1Br. The molecule has 0 aliphatic carbocycles. The Labute approximate surface area is 125 Å². The van der Waals surface area contributed by atoms with Gasteiger partial charge in [-0.1, -0.05) is 0 Å². The molecule has 1 aromatic rings. The molecule has 1 aliphatic heterocycles. The fourth-order valence-corrected chi connectivity index (χ4v) is 2.63. The summed E-state index contributed by atoms with van der Waals surface area (Å²) in [7, 11) is 0. The Hall–Kier alpha value is -1.41. The Balaban J connectivity index is 1.85. The molecule has 8 heteroatoms. The molecule has 20 heavy (non-hydrogen) atoms. The molecule has 0 unspecified atom stereocenters. The van der Waals surface area contributed by atoms with Crippen LogP contribution in [0.1, 0.15) is 29.0 Å². The number of nitrogens with zero attached hydrogens (tertiary/aromatic N) is 2. The van der Waals surface area contributed by atoms with Crippen molar-refractivity contribution < 1.29 is 9.59 Å². The van der Waals surface area contributed by atoms with Crippen molar-refractivity contribution in [3.05, 3.63) is 15.9 Å². The standard InChI is InChI=1S/C12H18BrN5O2/c1-7-10(13)11(17-16-7)12(20)15-8-2-4-18(5-3-8)6-9(14)19/h8H,2-6H2,1H3,(H2,14,19)(H,15,20)(H,16,17). The van der Waals surface area contributed by atoms with Crippen molar-refractivity contribution in [3.8, 4) is 0 Å². The van der Waals surface area contributed by atoms with E-state index in [0.29, 0.717) is 10.2 Å². The normalized spacial score (nSPS) is 17.1. The number of amides is 2. The highest BCUT2D eigenvalue weighted by atomic mass is 79.9. The minimum Gasteiger partial charge on any atom is -0.369 e. The van der Waals surface area contributed by atoms with Gasteiger partial charge in [-0.2, -0.15) is 5.10 Å². The number of carbonyl (C=O) groups is 2. The van der Waals surface area contributed by atoms with E-state index in [2.05, 4.69) is 31.4 Å². The second kappa shape index (κ2) is 6.36. The van der Waals surface area contributed by atoms with E-state index >= 15 is 0 Å². The summed E-state index contributed by atoms with van der Waals surface area (Å²) in [6.07, 6.45) is 1.61. The molecule has 7 nitrogen and oxygen atoms in total. The van der Waals surface area contributed by atoms with Gasteiger partial charge in [-0.25, -0.2) is 0 Å². The maximum atomic E-state index is 12.1. The van der Waals surface area contributed by atoms with E-state index in [0.717, 1.165) is 31.6 Å². The van der Waals surface area contributed by atoms with Crippen LogP contribution in [0, 0.1) is 6.92 Å². The monoisotopic (exact) mass is 343 g/mol. The van der Waals surface area contributed by atoms with Gasteiger partial charge in [0.25, 0.3) is 5.91 Å². The molecule has 2 amide bonds. The Morgan fingerprint density at radius 2 is 2.15 bits per heavy atom. The van der Waals surface area contributed by atoms with Gasteiger partial charge >= 0.3 is 0 Å². The topological polar surface area (TPSA) is 104 Å². The number of H-pyrrole nitrogens is 1. The van der Waals surface area contributed by atoms with Crippen LogP contribution in [0.2, 0.25) is 0 Å². The number of hydrogen-bond donors (Lipinski definition) is 3. The average molecular weight is 344 g/mol. The largest absolute Gasteiger partial charge is 0.369 e. The summed E-state index contributed by atoms with van der Waals surface area (Å²) in [4.78, 5) is 24.9. The molecule has 1 saturated heterocycles. The zero-order valence-corrected chi connectivity index (χ0v) is 12.9. The lowest BCUT2D eigenvalue weighted by atomic mass is 10.0. The minimum absolute atomic E-state index is 0.107. The first-order valence-corrected chi connectivity index (χ1v) is 7.28. The van der Waals surface area contributed by atoms with E-state index in [9.17, 15) is 9.59 Å². The molecule has 0 aromatic carbocycles. The molecule has 110 valence electrons. The highest BCUT2D eigenvalue weighted by molar-refractivity contribution is 9.10. The Kier molecular flexibility index (Phi) is 4.77. The molecule has 1 aliphatic rings. The van der Waals surface area contributed by atoms with E-state index < -0.39 is 0 Å². The molecular weight excluding hydrogens is 326 g/mol. The maximum Gasteiger partial charge on any atom is 0.273 e. The van der Waals surface area contributed by atoms with Crippen molar-refractivity contribution in [3.63, 3.8) is 0 Å². The average Bonchev–Trinajstić information content (AvgIpc) is 2.72. The summed E-state index contributed by atoms with van der Waals surface area (Å²) in [6.45, 7) is 3.64. The second-order valence-corrected chi connectivity index (χ2v) is 5.79. The molecule has 0 bridgehead atoms. The summed E-state index contributed by atoms with van der Waals surface area (Å²) in [5.41, 5.74) is 6.37. The zero-order valence-electron chi connectivity index (χ0n) is 11.3. The van der Waals surface area contributed by atoms with Crippen LogP contribution < -0.4 is 11.1 Å². The molecular formula is C12H18BrN5O2. The lowest BCUT2D eigenvalue weighted by molar-refractivity contribution is -0.119. The van der Waals surface area contributed by atoms with Gasteiger partial charge in [0.1, 0.15) is 0 Å². The van der Waals surface area contributed by atoms with Crippen molar-refractivity contribution in [1.82, 2.24) is 20.4 Å². The van der Waals surface area contributed by atoms with Gasteiger partial charge < -0.3 is 11.1 Å². The summed E-state index contributed by atoms with van der Waals surface area (Å²) >= 11 is 3.34.